The fraction of sp³-hybridized carbons (Fsp3) is 0.579. The molecule has 2 aromatic carbocycles. The van der Waals surface area contributed by atoms with Crippen LogP contribution in [0, 0.1) is 12.8 Å². The van der Waals surface area contributed by atoms with Gasteiger partial charge in [-0.05, 0) is 63.1 Å². The van der Waals surface area contributed by atoms with E-state index in [1.807, 2.05) is 79.7 Å². The smallest absolute Gasteiger partial charge is 0.419 e. The number of benzene rings is 2. The van der Waals surface area contributed by atoms with Gasteiger partial charge in [-0.3, -0.25) is 14.4 Å². The summed E-state index contributed by atoms with van der Waals surface area (Å²) in [6, 6.07) is 9.06. The molecule has 1 N–H and O–H groups in total. The number of alkyl halides is 2. The van der Waals surface area contributed by atoms with E-state index in [0.29, 0.717) is 68.9 Å². The highest BCUT2D eigenvalue weighted by molar-refractivity contribution is 5.96. The average Bonchev–Trinajstić information content (AvgIpc) is 3.53. The van der Waals surface area contributed by atoms with Crippen molar-refractivity contribution in [2.75, 3.05) is 65.5 Å². The Morgan fingerprint density at radius 1 is 1.04 bits per heavy atom. The summed E-state index contributed by atoms with van der Waals surface area (Å²) >= 11 is 0. The topological polar surface area (TPSA) is 94.5 Å². The maximum atomic E-state index is 13.6. The zero-order valence-electron chi connectivity index (χ0n) is 31.4. The van der Waals surface area contributed by atoms with Crippen molar-refractivity contribution >= 4 is 28.7 Å². The van der Waals surface area contributed by atoms with Gasteiger partial charge in [0.1, 0.15) is 11.4 Å². The van der Waals surface area contributed by atoms with Gasteiger partial charge in [0, 0.05) is 67.5 Å². The molecule has 278 valence electrons. The number of hydrogen-bond acceptors (Lipinski definition) is 9. The van der Waals surface area contributed by atoms with Crippen molar-refractivity contribution in [2.45, 2.75) is 80.0 Å². The normalized spacial score (nSPS) is 16.9. The lowest BCUT2D eigenvalue weighted by atomic mass is 9.97. The first kappa shape index (κ1) is 40.7. The number of fused-ring (bicyclic) bond motifs is 1. The van der Waals surface area contributed by atoms with E-state index in [4.69, 9.17) is 18.9 Å². The van der Waals surface area contributed by atoms with Crippen LogP contribution in [0.15, 0.2) is 36.5 Å². The van der Waals surface area contributed by atoms with Crippen LogP contribution in [0.2, 0.25) is 0 Å². The second kappa shape index (κ2) is 18.5. The Balaban J connectivity index is 0.00000163. The lowest BCUT2D eigenvalue weighted by Gasteiger charge is -2.42. The third-order valence-corrected chi connectivity index (χ3v) is 8.49. The summed E-state index contributed by atoms with van der Waals surface area (Å²) in [5.41, 5.74) is 3.73. The van der Waals surface area contributed by atoms with Crippen molar-refractivity contribution in [3.63, 3.8) is 0 Å². The molecule has 3 heterocycles. The number of nitrogens with zero attached hydrogens (tertiary/aromatic N) is 3. The van der Waals surface area contributed by atoms with E-state index in [1.165, 1.54) is 11.7 Å². The monoisotopic (exact) mass is 702 g/mol. The Morgan fingerprint density at radius 2 is 1.74 bits per heavy atom. The number of aromatic nitrogens is 1. The molecule has 2 aliphatic heterocycles. The summed E-state index contributed by atoms with van der Waals surface area (Å²) in [5, 5.41) is 4.25. The molecule has 2 saturated heterocycles. The number of halogens is 2. The zero-order chi connectivity index (χ0) is 37.2. The van der Waals surface area contributed by atoms with Crippen molar-refractivity contribution in [3.8, 4) is 5.75 Å². The van der Waals surface area contributed by atoms with Crippen LogP contribution in [-0.2, 0) is 20.8 Å². The van der Waals surface area contributed by atoms with E-state index < -0.39 is 24.1 Å². The number of hydrogen-bond donors (Lipinski definition) is 1. The van der Waals surface area contributed by atoms with Crippen LogP contribution in [0.25, 0.3) is 10.9 Å². The van der Waals surface area contributed by atoms with E-state index in [2.05, 4.69) is 10.2 Å². The Hall–Kier alpha value is -3.74. The van der Waals surface area contributed by atoms with Gasteiger partial charge in [0.25, 0.3) is 6.43 Å². The van der Waals surface area contributed by atoms with Gasteiger partial charge in [-0.15, -0.1) is 0 Å². The first-order valence-corrected chi connectivity index (χ1v) is 17.6. The van der Waals surface area contributed by atoms with Crippen molar-refractivity contribution in [1.82, 2.24) is 14.4 Å². The van der Waals surface area contributed by atoms with Crippen LogP contribution >= 0.6 is 0 Å². The number of methoxy groups -OCH3 is 2. The molecule has 2 aliphatic rings. The first-order valence-electron chi connectivity index (χ1n) is 17.6. The number of esters is 1. The molecule has 0 radical (unpaired) electrons. The van der Waals surface area contributed by atoms with Gasteiger partial charge >= 0.3 is 12.1 Å². The molecule has 1 aromatic heterocycles. The molecule has 5 rings (SSSR count). The highest BCUT2D eigenvalue weighted by Crippen LogP contribution is 2.37. The van der Waals surface area contributed by atoms with Crippen molar-refractivity contribution in [1.29, 1.82) is 0 Å². The summed E-state index contributed by atoms with van der Waals surface area (Å²) in [5.74, 6) is 0.554. The number of carbonyl (C=O) groups excluding carboxylic acids is 2. The molecule has 3 aromatic rings. The number of piperazine rings is 1. The van der Waals surface area contributed by atoms with Gasteiger partial charge in [0.05, 0.1) is 45.1 Å². The molecule has 0 aliphatic carbocycles. The van der Waals surface area contributed by atoms with Gasteiger partial charge in [0.15, 0.2) is 0 Å². The number of anilines is 1. The van der Waals surface area contributed by atoms with Crippen molar-refractivity contribution in [3.05, 3.63) is 58.8 Å². The van der Waals surface area contributed by atoms with Crippen LogP contribution in [0.1, 0.15) is 81.6 Å². The van der Waals surface area contributed by atoms with E-state index in [0.717, 1.165) is 27.6 Å². The van der Waals surface area contributed by atoms with Gasteiger partial charge in [-0.2, -0.15) is 0 Å². The third kappa shape index (κ3) is 9.95. The van der Waals surface area contributed by atoms with Crippen LogP contribution in [-0.4, -0.2) is 98.6 Å². The van der Waals surface area contributed by atoms with Crippen LogP contribution < -0.4 is 10.1 Å². The maximum absolute atomic E-state index is 13.6. The minimum atomic E-state index is -2.46. The molecule has 2 fully saturated rings. The predicted molar refractivity (Wildman–Crippen MR) is 194 cm³/mol. The fourth-order valence-corrected chi connectivity index (χ4v) is 6.18. The average molecular weight is 703 g/mol. The number of nitrogens with one attached hydrogen (secondary N) is 1. The second-order valence-electron chi connectivity index (χ2n) is 13.0. The van der Waals surface area contributed by atoms with E-state index in [9.17, 15) is 18.4 Å². The molecule has 1 unspecified atom stereocenters. The molecule has 12 heteroatoms. The van der Waals surface area contributed by atoms with Crippen molar-refractivity contribution < 1.29 is 37.3 Å². The highest BCUT2D eigenvalue weighted by Gasteiger charge is 2.32. The lowest BCUT2D eigenvalue weighted by molar-refractivity contribution is -0.0248. The minimum absolute atomic E-state index is 0.277. The molecule has 50 heavy (non-hydrogen) atoms. The van der Waals surface area contributed by atoms with E-state index in [1.54, 1.807) is 24.3 Å². The summed E-state index contributed by atoms with van der Waals surface area (Å²) in [7, 11) is 2.96. The summed E-state index contributed by atoms with van der Waals surface area (Å²) in [6.45, 7) is 18.8. The van der Waals surface area contributed by atoms with Gasteiger partial charge in [0.2, 0.25) is 0 Å². The van der Waals surface area contributed by atoms with Crippen LogP contribution in [0.5, 0.6) is 5.75 Å². The Morgan fingerprint density at radius 3 is 2.32 bits per heavy atom. The molecule has 0 spiro atoms. The van der Waals surface area contributed by atoms with E-state index in [-0.39, 0.29) is 12.6 Å². The molecule has 0 amide bonds. The Bertz CT molecular complexity index is 1570. The largest absolute Gasteiger partial charge is 0.496 e. The number of ether oxygens (including phenoxy) is 4. The van der Waals surface area contributed by atoms with Gasteiger partial charge in [-0.1, -0.05) is 33.8 Å². The highest BCUT2D eigenvalue weighted by atomic mass is 19.3. The Labute approximate surface area is 296 Å². The number of rotatable bonds is 10. The van der Waals surface area contributed by atoms with Crippen LogP contribution in [0.4, 0.5) is 19.3 Å². The lowest BCUT2D eigenvalue weighted by Crippen LogP contribution is -2.49. The summed E-state index contributed by atoms with van der Waals surface area (Å²) in [4.78, 5) is 29.8. The van der Waals surface area contributed by atoms with Gasteiger partial charge < -0.3 is 24.3 Å². The predicted octanol–water partition coefficient (Wildman–Crippen LogP) is 7.76. The molecular weight excluding hydrogens is 646 g/mol. The minimum Gasteiger partial charge on any atom is -0.496 e. The van der Waals surface area contributed by atoms with Crippen molar-refractivity contribution in [2.24, 2.45) is 5.92 Å². The fourth-order valence-electron chi connectivity index (χ4n) is 6.18. The molecule has 10 nitrogen and oxygen atoms in total. The number of aryl methyl sites for hydroxylation is 1. The summed E-state index contributed by atoms with van der Waals surface area (Å²) in [6.07, 6.45) is -1.22. The standard InChI is InChI=1S/C34H44F2N4O6.2C2H6/c1-21-13-29(43-5)26(24-9-10-40(31(21)24)33(42)46-34(2,3)4)16-39-12-11-38(18-30(35)36)17-28(39)23-7-8-25(32(41)44-6)27(14-23)37-15-22-19-45-20-22;2*1-2/h7-10,13-14,22,28,30,37H,11-12,15-20H2,1-6H3;2*1-2H3. The molecule has 1 atom stereocenters. The second-order valence-corrected chi connectivity index (χ2v) is 13.0. The number of carbonyl (C=O) groups is 2. The SMILES string of the molecule is CC.CC.COC(=O)c1ccc(C2CN(CC(F)F)CCN2Cc2c(OC)cc(C)c3c2ccn3C(=O)OC(C)(C)C)cc1NCC1COC1. The molecule has 0 saturated carbocycles. The first-order chi connectivity index (χ1) is 23.9. The Kier molecular flexibility index (Phi) is 15.0. The van der Waals surface area contributed by atoms with Gasteiger partial charge in [-0.25, -0.2) is 18.4 Å². The van der Waals surface area contributed by atoms with E-state index >= 15 is 0 Å². The molecular formula is C38H56F2N4O6. The summed E-state index contributed by atoms with van der Waals surface area (Å²) < 4.78 is 50.5. The third-order valence-electron chi connectivity index (χ3n) is 8.49. The van der Waals surface area contributed by atoms with Crippen LogP contribution in [0.3, 0.4) is 0 Å². The zero-order valence-corrected chi connectivity index (χ0v) is 31.4. The molecule has 0 bridgehead atoms. The quantitative estimate of drug-likeness (QED) is 0.213. The maximum Gasteiger partial charge on any atom is 0.419 e.